The molecule has 0 aromatic heterocycles. The monoisotopic (exact) mass is 247 g/mol. The van der Waals surface area contributed by atoms with E-state index in [1.54, 1.807) is 11.8 Å². The van der Waals surface area contributed by atoms with Gasteiger partial charge >= 0.3 is 0 Å². The normalized spacial score (nSPS) is 29.8. The topological polar surface area (TPSA) is 30.8 Å². The van der Waals surface area contributed by atoms with E-state index in [0.29, 0.717) is 0 Å². The molecule has 88 valence electrons. The van der Waals surface area contributed by atoms with E-state index < -0.39 is 8.32 Å². The van der Waals surface area contributed by atoms with Crippen molar-refractivity contribution in [1.29, 1.82) is 0 Å². The summed E-state index contributed by atoms with van der Waals surface area (Å²) in [6.07, 6.45) is 2.33. The molecule has 0 unspecified atom stereocenters. The van der Waals surface area contributed by atoms with E-state index in [1.807, 2.05) is 6.92 Å². The number of oxime groups is 1. The highest BCUT2D eigenvalue weighted by Gasteiger charge is 2.30. The van der Waals surface area contributed by atoms with Crippen LogP contribution in [0.2, 0.25) is 19.6 Å². The van der Waals surface area contributed by atoms with Crippen LogP contribution in [-0.4, -0.2) is 24.9 Å². The van der Waals surface area contributed by atoms with Crippen LogP contribution < -0.4 is 0 Å². The standard InChI is InChI=1S/C10H21NO2SSi/c1-6-7-9-12-8(2)10(14-9)11-13-15(3,4)5/h8-9H,6-7H2,1-5H3/b11-10+/t8-,9-/m0/s1. The molecule has 0 radical (unpaired) electrons. The Bertz CT molecular complexity index is 240. The van der Waals surface area contributed by atoms with Gasteiger partial charge in [0.15, 0.2) is 0 Å². The molecule has 0 aromatic carbocycles. The van der Waals surface area contributed by atoms with E-state index in [-0.39, 0.29) is 11.5 Å². The summed E-state index contributed by atoms with van der Waals surface area (Å²) in [5, 5.41) is 5.22. The predicted octanol–water partition coefficient (Wildman–Crippen LogP) is 3.43. The molecule has 1 heterocycles. The van der Waals surface area contributed by atoms with E-state index in [2.05, 4.69) is 31.7 Å². The Hall–Kier alpha value is -0.00312. The molecule has 0 aromatic rings. The molecule has 0 bridgehead atoms. The fourth-order valence-corrected chi connectivity index (χ4v) is 2.80. The minimum absolute atomic E-state index is 0.0999. The molecular formula is C10H21NO2SSi. The fraction of sp³-hybridized carbons (Fsp3) is 0.900. The van der Waals surface area contributed by atoms with Crippen LogP contribution in [0.1, 0.15) is 26.7 Å². The number of hydrogen-bond donors (Lipinski definition) is 0. The largest absolute Gasteiger partial charge is 0.455 e. The molecule has 15 heavy (non-hydrogen) atoms. The van der Waals surface area contributed by atoms with Crippen molar-refractivity contribution in [2.75, 3.05) is 0 Å². The summed E-state index contributed by atoms with van der Waals surface area (Å²) < 4.78 is 11.3. The zero-order valence-corrected chi connectivity index (χ0v) is 12.1. The summed E-state index contributed by atoms with van der Waals surface area (Å²) in [4.78, 5) is 0. The first-order valence-corrected chi connectivity index (χ1v) is 9.79. The SMILES string of the molecule is CCC[C@H]1O[C@@H](C)/C(=N\O[Si](C)(C)C)S1. The maximum Gasteiger partial charge on any atom is 0.278 e. The predicted molar refractivity (Wildman–Crippen MR) is 68.7 cm³/mol. The zero-order valence-electron chi connectivity index (χ0n) is 10.2. The van der Waals surface area contributed by atoms with Gasteiger partial charge < -0.3 is 9.26 Å². The Morgan fingerprint density at radius 2 is 2.13 bits per heavy atom. The van der Waals surface area contributed by atoms with Gasteiger partial charge in [0.2, 0.25) is 0 Å². The number of thioether (sulfide) groups is 1. The van der Waals surface area contributed by atoms with E-state index >= 15 is 0 Å². The minimum atomic E-state index is -1.55. The Labute approximate surface area is 97.7 Å². The minimum Gasteiger partial charge on any atom is -0.455 e. The number of ether oxygens (including phenoxy) is 1. The molecule has 1 fully saturated rings. The lowest BCUT2D eigenvalue weighted by Crippen LogP contribution is -2.23. The Balaban J connectivity index is 2.49. The van der Waals surface area contributed by atoms with Crippen molar-refractivity contribution in [2.45, 2.75) is 57.9 Å². The Kier molecular flexibility index (Phi) is 4.67. The molecule has 0 N–H and O–H groups in total. The number of nitrogens with zero attached hydrogens (tertiary/aromatic N) is 1. The molecule has 0 spiro atoms. The third-order valence-corrected chi connectivity index (χ3v) is 3.79. The molecule has 1 rings (SSSR count). The van der Waals surface area contributed by atoms with Gasteiger partial charge in [-0.15, -0.1) is 0 Å². The molecule has 1 aliphatic rings. The van der Waals surface area contributed by atoms with Gasteiger partial charge in [0.1, 0.15) is 16.6 Å². The zero-order chi connectivity index (χ0) is 11.5. The van der Waals surface area contributed by atoms with Crippen molar-refractivity contribution >= 4 is 25.1 Å². The smallest absolute Gasteiger partial charge is 0.278 e. The van der Waals surface area contributed by atoms with Crippen LogP contribution in [0.5, 0.6) is 0 Å². The summed E-state index contributed by atoms with van der Waals surface area (Å²) >= 11 is 1.71. The summed E-state index contributed by atoms with van der Waals surface area (Å²) in [6, 6.07) is 0. The number of rotatable bonds is 4. The molecule has 1 aliphatic heterocycles. The van der Waals surface area contributed by atoms with Crippen molar-refractivity contribution in [3.63, 3.8) is 0 Å². The van der Waals surface area contributed by atoms with Gasteiger partial charge in [-0.05, 0) is 33.0 Å². The molecular weight excluding hydrogens is 226 g/mol. The van der Waals surface area contributed by atoms with Crippen LogP contribution in [0, 0.1) is 0 Å². The van der Waals surface area contributed by atoms with Gasteiger partial charge in [0.25, 0.3) is 8.32 Å². The fourth-order valence-electron chi connectivity index (χ4n) is 1.18. The maximum atomic E-state index is 5.75. The highest BCUT2D eigenvalue weighted by atomic mass is 32.2. The summed E-state index contributed by atoms with van der Waals surface area (Å²) in [7, 11) is -1.55. The van der Waals surface area contributed by atoms with Gasteiger partial charge in [-0.3, -0.25) is 0 Å². The molecule has 3 nitrogen and oxygen atoms in total. The van der Waals surface area contributed by atoms with Crippen LogP contribution in [-0.2, 0) is 9.26 Å². The second-order valence-electron chi connectivity index (χ2n) is 4.75. The lowest BCUT2D eigenvalue weighted by Gasteiger charge is -2.13. The second-order valence-corrected chi connectivity index (χ2v) is 10.3. The molecule has 1 saturated heterocycles. The molecule has 0 saturated carbocycles. The van der Waals surface area contributed by atoms with Crippen LogP contribution in [0.4, 0.5) is 0 Å². The van der Waals surface area contributed by atoms with Crippen molar-refractivity contribution < 1.29 is 9.26 Å². The molecule has 5 heteroatoms. The van der Waals surface area contributed by atoms with Crippen molar-refractivity contribution in [3.05, 3.63) is 0 Å². The van der Waals surface area contributed by atoms with Crippen molar-refractivity contribution in [3.8, 4) is 0 Å². The summed E-state index contributed by atoms with van der Waals surface area (Å²) in [5.41, 5.74) is 0.272. The molecule has 0 amide bonds. The van der Waals surface area contributed by atoms with Gasteiger partial charge in [-0.2, -0.15) is 0 Å². The van der Waals surface area contributed by atoms with Crippen molar-refractivity contribution in [1.82, 2.24) is 0 Å². The quantitative estimate of drug-likeness (QED) is 0.563. The first-order chi connectivity index (χ1) is 6.92. The van der Waals surface area contributed by atoms with Crippen LogP contribution in [0.3, 0.4) is 0 Å². The van der Waals surface area contributed by atoms with E-state index in [9.17, 15) is 0 Å². The summed E-state index contributed by atoms with van der Waals surface area (Å²) in [6.45, 7) is 10.6. The van der Waals surface area contributed by atoms with Gasteiger partial charge in [0, 0.05) is 0 Å². The van der Waals surface area contributed by atoms with Gasteiger partial charge in [-0.25, -0.2) is 0 Å². The third-order valence-electron chi connectivity index (χ3n) is 1.89. The summed E-state index contributed by atoms with van der Waals surface area (Å²) in [5.74, 6) is 0. The lowest BCUT2D eigenvalue weighted by atomic mass is 10.3. The Morgan fingerprint density at radius 3 is 2.67 bits per heavy atom. The average Bonchev–Trinajstić information content (AvgIpc) is 2.42. The average molecular weight is 247 g/mol. The second kappa shape index (κ2) is 5.36. The van der Waals surface area contributed by atoms with E-state index in [4.69, 9.17) is 9.26 Å². The van der Waals surface area contributed by atoms with E-state index in [1.165, 1.54) is 0 Å². The highest BCUT2D eigenvalue weighted by Crippen LogP contribution is 2.31. The molecule has 2 atom stereocenters. The third kappa shape index (κ3) is 4.57. The maximum absolute atomic E-state index is 5.75. The van der Waals surface area contributed by atoms with Crippen LogP contribution >= 0.6 is 11.8 Å². The number of hydrogen-bond acceptors (Lipinski definition) is 4. The molecule has 0 aliphatic carbocycles. The van der Waals surface area contributed by atoms with Crippen LogP contribution in [0.25, 0.3) is 0 Å². The van der Waals surface area contributed by atoms with Gasteiger partial charge in [-0.1, -0.05) is 30.3 Å². The van der Waals surface area contributed by atoms with Gasteiger partial charge in [0.05, 0.1) is 0 Å². The highest BCUT2D eigenvalue weighted by molar-refractivity contribution is 8.14. The Morgan fingerprint density at radius 1 is 1.47 bits per heavy atom. The van der Waals surface area contributed by atoms with Crippen LogP contribution in [0.15, 0.2) is 5.16 Å². The first-order valence-electron chi connectivity index (χ1n) is 5.50. The van der Waals surface area contributed by atoms with Crippen molar-refractivity contribution in [2.24, 2.45) is 5.16 Å². The lowest BCUT2D eigenvalue weighted by molar-refractivity contribution is 0.0934. The van der Waals surface area contributed by atoms with E-state index in [0.717, 1.165) is 17.9 Å². The first kappa shape index (κ1) is 13.1.